The van der Waals surface area contributed by atoms with Crippen LogP contribution in [0.15, 0.2) is 29.6 Å². The number of nitrogens with one attached hydrogen (secondary N) is 1. The van der Waals surface area contributed by atoms with Gasteiger partial charge in [0.25, 0.3) is 0 Å². The van der Waals surface area contributed by atoms with Gasteiger partial charge in [0, 0.05) is 4.70 Å². The second kappa shape index (κ2) is 13.3. The van der Waals surface area contributed by atoms with Gasteiger partial charge in [-0.2, -0.15) is 0 Å². The number of carbonyl (C=O) groups is 2. The molecule has 2 aromatic rings. The largest absolute Gasteiger partial charge is 0.480 e. The number of aliphatic carboxylic acids is 1. The minimum Gasteiger partial charge on any atom is -0.480 e. The van der Waals surface area contributed by atoms with E-state index in [1.807, 2.05) is 57.3 Å². The Morgan fingerprint density at radius 2 is 1.69 bits per heavy atom. The summed E-state index contributed by atoms with van der Waals surface area (Å²) >= 11 is 1.61. The van der Waals surface area contributed by atoms with Gasteiger partial charge >= 0.3 is 11.9 Å². The zero-order valence-electron chi connectivity index (χ0n) is 21.7. The normalized spacial score (nSPS) is 13.9. The lowest BCUT2D eigenvalue weighted by atomic mass is 10.0. The van der Waals surface area contributed by atoms with Gasteiger partial charge in [0.05, 0.1) is 5.75 Å². The summed E-state index contributed by atoms with van der Waals surface area (Å²) in [5.74, 6) is -1.11. The monoisotopic (exact) mass is 528 g/mol. The maximum atomic E-state index is 12.6. The van der Waals surface area contributed by atoms with E-state index >= 15 is 0 Å². The number of carboxylic acids is 1. The molecule has 0 amide bonds. The van der Waals surface area contributed by atoms with Crippen LogP contribution in [0, 0.1) is 11.8 Å². The van der Waals surface area contributed by atoms with E-state index in [4.69, 9.17) is 15.6 Å². The molecule has 4 N–H and O–H groups in total. The molecule has 35 heavy (non-hydrogen) atoms. The highest BCUT2D eigenvalue weighted by Crippen LogP contribution is 2.23. The fourth-order valence-corrected chi connectivity index (χ4v) is 5.33. The summed E-state index contributed by atoms with van der Waals surface area (Å²) in [6.45, 7) is 13.1. The van der Waals surface area contributed by atoms with E-state index in [0.717, 1.165) is 10.1 Å². The maximum absolute atomic E-state index is 12.6. The van der Waals surface area contributed by atoms with Crippen LogP contribution in [0.3, 0.4) is 0 Å². The van der Waals surface area contributed by atoms with Crippen LogP contribution in [-0.2, 0) is 30.1 Å². The quantitative estimate of drug-likeness (QED) is 0.386. The van der Waals surface area contributed by atoms with Crippen LogP contribution < -0.4 is 10.5 Å². The maximum Gasteiger partial charge on any atom is 0.324 e. The Labute approximate surface area is 213 Å². The molecule has 0 bridgehead atoms. The minimum absolute atomic E-state index is 0.150. The van der Waals surface area contributed by atoms with E-state index in [0.29, 0.717) is 24.3 Å². The average Bonchev–Trinajstić information content (AvgIpc) is 3.13. The number of carboxylic acid groups (broad SMARTS) is 1. The lowest BCUT2D eigenvalue weighted by Crippen LogP contribution is -2.45. The van der Waals surface area contributed by atoms with Crippen molar-refractivity contribution in [3.8, 4) is 0 Å². The molecule has 1 aromatic heterocycles. The predicted octanol–water partition coefficient (Wildman–Crippen LogP) is 4.52. The number of hydrogen-bond acceptors (Lipinski definition) is 7. The van der Waals surface area contributed by atoms with Crippen molar-refractivity contribution in [2.45, 2.75) is 84.7 Å². The van der Waals surface area contributed by atoms with Crippen molar-refractivity contribution in [3.05, 3.63) is 35.2 Å². The predicted molar refractivity (Wildman–Crippen MR) is 142 cm³/mol. The summed E-state index contributed by atoms with van der Waals surface area (Å²) in [7, 11) is -3.68. The zero-order chi connectivity index (χ0) is 27.0. The van der Waals surface area contributed by atoms with Crippen molar-refractivity contribution in [1.29, 1.82) is 0 Å². The van der Waals surface area contributed by atoms with E-state index in [1.165, 1.54) is 0 Å². The van der Waals surface area contributed by atoms with Crippen molar-refractivity contribution in [1.82, 2.24) is 4.72 Å². The molecule has 0 fully saturated rings. The van der Waals surface area contributed by atoms with Gasteiger partial charge in [-0.1, -0.05) is 33.8 Å². The lowest BCUT2D eigenvalue weighted by Gasteiger charge is -2.25. The van der Waals surface area contributed by atoms with E-state index < -0.39 is 39.6 Å². The second-order valence-corrected chi connectivity index (χ2v) is 13.2. The summed E-state index contributed by atoms with van der Waals surface area (Å²) in [5.41, 5.74) is 5.24. The third kappa shape index (κ3) is 12.5. The molecule has 2 rings (SSSR count). The molecule has 0 radical (unpaired) electrons. The van der Waals surface area contributed by atoms with Crippen LogP contribution >= 0.6 is 11.3 Å². The first kappa shape index (κ1) is 31.0. The number of sulfonamides is 1. The van der Waals surface area contributed by atoms with Crippen LogP contribution in [0.2, 0.25) is 0 Å². The van der Waals surface area contributed by atoms with Gasteiger partial charge in [0.1, 0.15) is 17.7 Å². The highest BCUT2D eigenvalue weighted by atomic mass is 32.2. The summed E-state index contributed by atoms with van der Waals surface area (Å²) in [6.07, 6.45) is 0.938. The molecule has 2 atom stereocenters. The Morgan fingerprint density at radius 3 is 2.17 bits per heavy atom. The smallest absolute Gasteiger partial charge is 0.324 e. The molecule has 0 aliphatic rings. The third-order valence-electron chi connectivity index (χ3n) is 4.64. The number of thiophene rings is 1. The lowest BCUT2D eigenvalue weighted by molar-refractivity contribution is -0.157. The standard InChI is InChI=1S/C19H27NO4S2.C6H13NO2/c1-13(2)10-16(18(21)24-19(3,4)5)20-26(22,23)12-14-6-7-17-15(11-14)8-9-25-17;1-4(2)3-5(7)6(8)9/h6-9,11,13,16,20H,10,12H2,1-5H3;4-5H,3,7H2,1-2H3,(H,8,9)/t16-;5-/m11/s1. The first-order valence-corrected chi connectivity index (χ1v) is 14.2. The molecule has 0 saturated heterocycles. The SMILES string of the molecule is CC(C)C[C@@H](N)C(=O)O.CC(C)C[C@@H](NS(=O)(=O)Cc1ccc2sccc2c1)C(=O)OC(C)(C)C. The molecule has 1 heterocycles. The van der Waals surface area contributed by atoms with Gasteiger partial charge in [-0.05, 0) is 80.0 Å². The molecule has 10 heteroatoms. The fourth-order valence-electron chi connectivity index (χ4n) is 3.23. The first-order chi connectivity index (χ1) is 16.0. The fraction of sp³-hybridized carbons (Fsp3) is 0.600. The molecule has 8 nitrogen and oxygen atoms in total. The number of rotatable bonds is 10. The van der Waals surface area contributed by atoms with Crippen molar-refractivity contribution in [2.24, 2.45) is 17.6 Å². The summed E-state index contributed by atoms with van der Waals surface area (Å²) < 4.78 is 34.3. The summed E-state index contributed by atoms with van der Waals surface area (Å²) in [4.78, 5) is 22.5. The summed E-state index contributed by atoms with van der Waals surface area (Å²) in [6, 6.07) is 5.99. The highest BCUT2D eigenvalue weighted by molar-refractivity contribution is 7.88. The third-order valence-corrected chi connectivity index (χ3v) is 6.89. The number of carbonyl (C=O) groups excluding carboxylic acids is 1. The molecule has 0 aliphatic heterocycles. The van der Waals surface area contributed by atoms with E-state index in [2.05, 4.69) is 4.72 Å². The zero-order valence-corrected chi connectivity index (χ0v) is 23.3. The van der Waals surface area contributed by atoms with Crippen LogP contribution in [0.25, 0.3) is 10.1 Å². The van der Waals surface area contributed by atoms with Crippen molar-refractivity contribution >= 4 is 43.4 Å². The number of nitrogens with two attached hydrogens (primary N) is 1. The second-order valence-electron chi connectivity index (χ2n) is 10.5. The molecular weight excluding hydrogens is 488 g/mol. The molecule has 198 valence electrons. The highest BCUT2D eigenvalue weighted by Gasteiger charge is 2.29. The minimum atomic E-state index is -3.68. The molecular formula is C25H40N2O6S2. The van der Waals surface area contributed by atoms with Crippen LogP contribution in [0.5, 0.6) is 0 Å². The van der Waals surface area contributed by atoms with E-state index in [1.54, 1.807) is 32.1 Å². The van der Waals surface area contributed by atoms with Gasteiger partial charge in [0.15, 0.2) is 0 Å². The topological polar surface area (TPSA) is 136 Å². The first-order valence-electron chi connectivity index (χ1n) is 11.7. The van der Waals surface area contributed by atoms with Crippen LogP contribution in [0.1, 0.15) is 66.9 Å². The number of fused-ring (bicyclic) bond motifs is 1. The Balaban J connectivity index is 0.000000579. The Morgan fingerprint density at radius 1 is 1.09 bits per heavy atom. The Bertz CT molecular complexity index is 1070. The van der Waals surface area contributed by atoms with E-state index in [9.17, 15) is 18.0 Å². The van der Waals surface area contributed by atoms with Gasteiger partial charge in [-0.3, -0.25) is 9.59 Å². The summed E-state index contributed by atoms with van der Waals surface area (Å²) in [5, 5.41) is 11.3. The molecule has 0 unspecified atom stereocenters. The van der Waals surface area contributed by atoms with E-state index in [-0.39, 0.29) is 11.7 Å². The molecule has 0 spiro atoms. The van der Waals surface area contributed by atoms with Crippen LogP contribution in [0.4, 0.5) is 0 Å². The Kier molecular flexibility index (Phi) is 11.8. The number of ether oxygens (including phenoxy) is 1. The van der Waals surface area contributed by atoms with Gasteiger partial charge < -0.3 is 15.6 Å². The van der Waals surface area contributed by atoms with Gasteiger partial charge in [0.2, 0.25) is 10.0 Å². The average molecular weight is 529 g/mol. The van der Waals surface area contributed by atoms with Gasteiger partial charge in [-0.25, -0.2) is 13.1 Å². The Hall–Kier alpha value is -2.01. The van der Waals surface area contributed by atoms with Crippen molar-refractivity contribution in [3.63, 3.8) is 0 Å². The number of esters is 1. The number of hydrogen-bond donors (Lipinski definition) is 3. The molecule has 0 aliphatic carbocycles. The van der Waals surface area contributed by atoms with Crippen molar-refractivity contribution < 1.29 is 27.9 Å². The molecule has 0 saturated carbocycles. The van der Waals surface area contributed by atoms with Gasteiger partial charge in [-0.15, -0.1) is 11.3 Å². The molecule has 1 aromatic carbocycles. The van der Waals surface area contributed by atoms with Crippen LogP contribution in [-0.4, -0.2) is 43.1 Å². The van der Waals surface area contributed by atoms with Crippen molar-refractivity contribution in [2.75, 3.05) is 0 Å². The number of benzene rings is 1.